The molecule has 2 nitrogen and oxygen atoms in total. The quantitative estimate of drug-likeness (QED) is 0.553. The van der Waals surface area contributed by atoms with Gasteiger partial charge in [-0.25, -0.2) is 4.39 Å². The van der Waals surface area contributed by atoms with Gasteiger partial charge in [0, 0.05) is 35.0 Å². The minimum Gasteiger partial charge on any atom is -0.344 e. The Morgan fingerprint density at radius 2 is 1.72 bits per heavy atom. The van der Waals surface area contributed by atoms with Crippen LogP contribution in [0.15, 0.2) is 59.5 Å². The minimum atomic E-state index is -0.282. The zero-order valence-corrected chi connectivity index (χ0v) is 15.9. The molecule has 0 saturated carbocycles. The van der Waals surface area contributed by atoms with E-state index in [1.54, 1.807) is 38.0 Å². The molecule has 3 aromatic rings. The van der Waals surface area contributed by atoms with Crippen LogP contribution >= 0.6 is 23.1 Å². The second-order valence-corrected chi connectivity index (χ2v) is 7.69. The normalized spacial score (nSPS) is 10.7. The standard InChI is InChI=1S/C20H18FNOS2/c1-22(2)20(23)18-12-16(13-8-10-14(24-3)11-9-13)19(25-18)15-6-4-5-7-17(15)21/h4-12H,1-3H3. The lowest BCUT2D eigenvalue weighted by atomic mass is 10.0. The number of hydrogen-bond donors (Lipinski definition) is 0. The number of amides is 1. The summed E-state index contributed by atoms with van der Waals surface area (Å²) in [6.07, 6.45) is 2.03. The maximum Gasteiger partial charge on any atom is 0.263 e. The average Bonchev–Trinajstić information content (AvgIpc) is 3.06. The van der Waals surface area contributed by atoms with Crippen LogP contribution in [0.5, 0.6) is 0 Å². The molecule has 128 valence electrons. The van der Waals surface area contributed by atoms with Crippen LogP contribution < -0.4 is 0 Å². The third-order valence-electron chi connectivity index (χ3n) is 3.87. The smallest absolute Gasteiger partial charge is 0.263 e. The molecule has 0 spiro atoms. The predicted molar refractivity (Wildman–Crippen MR) is 105 cm³/mol. The van der Waals surface area contributed by atoms with Crippen LogP contribution in [0.4, 0.5) is 4.39 Å². The molecule has 0 atom stereocenters. The zero-order chi connectivity index (χ0) is 18.0. The van der Waals surface area contributed by atoms with Crippen LogP contribution in [0, 0.1) is 5.82 Å². The number of thioether (sulfide) groups is 1. The van der Waals surface area contributed by atoms with E-state index in [0.717, 1.165) is 20.9 Å². The van der Waals surface area contributed by atoms with Gasteiger partial charge in [0.2, 0.25) is 0 Å². The van der Waals surface area contributed by atoms with Gasteiger partial charge in [0.1, 0.15) is 5.82 Å². The largest absolute Gasteiger partial charge is 0.344 e. The Balaban J connectivity index is 2.18. The number of carbonyl (C=O) groups excluding carboxylic acids is 1. The van der Waals surface area contributed by atoms with Gasteiger partial charge in [-0.2, -0.15) is 0 Å². The number of nitrogens with zero attached hydrogens (tertiary/aromatic N) is 1. The highest BCUT2D eigenvalue weighted by molar-refractivity contribution is 7.98. The van der Waals surface area contributed by atoms with E-state index in [1.807, 2.05) is 42.7 Å². The van der Waals surface area contributed by atoms with Gasteiger partial charge >= 0.3 is 0 Å². The highest BCUT2D eigenvalue weighted by Gasteiger charge is 2.20. The topological polar surface area (TPSA) is 20.3 Å². The summed E-state index contributed by atoms with van der Waals surface area (Å²) in [6, 6.07) is 16.7. The molecule has 0 aliphatic rings. The molecule has 2 aromatic carbocycles. The van der Waals surface area contributed by atoms with Crippen LogP contribution in [-0.2, 0) is 0 Å². The Bertz CT molecular complexity index is 900. The summed E-state index contributed by atoms with van der Waals surface area (Å²) in [5.41, 5.74) is 2.38. The minimum absolute atomic E-state index is 0.0745. The molecule has 1 aromatic heterocycles. The Labute approximate surface area is 155 Å². The van der Waals surface area contributed by atoms with Gasteiger partial charge in [-0.1, -0.05) is 30.3 Å². The van der Waals surface area contributed by atoms with Gasteiger partial charge in [0.05, 0.1) is 4.88 Å². The van der Waals surface area contributed by atoms with Crippen molar-refractivity contribution >= 4 is 29.0 Å². The van der Waals surface area contributed by atoms with Crippen LogP contribution in [0.1, 0.15) is 9.67 Å². The molecular weight excluding hydrogens is 353 g/mol. The second-order valence-electron chi connectivity index (χ2n) is 5.76. The van der Waals surface area contributed by atoms with Crippen molar-refractivity contribution in [1.82, 2.24) is 4.90 Å². The van der Waals surface area contributed by atoms with Crippen molar-refractivity contribution in [1.29, 1.82) is 0 Å². The first-order valence-electron chi connectivity index (χ1n) is 7.76. The summed E-state index contributed by atoms with van der Waals surface area (Å²) in [5.74, 6) is -0.357. The summed E-state index contributed by atoms with van der Waals surface area (Å²) in [7, 11) is 3.44. The molecule has 1 heterocycles. The van der Waals surface area contributed by atoms with Gasteiger partial charge < -0.3 is 4.90 Å². The molecule has 0 bridgehead atoms. The lowest BCUT2D eigenvalue weighted by molar-refractivity contribution is 0.0832. The number of benzene rings is 2. The molecule has 0 saturated heterocycles. The number of rotatable bonds is 4. The van der Waals surface area contributed by atoms with E-state index in [2.05, 4.69) is 0 Å². The Kier molecular flexibility index (Phi) is 5.25. The Morgan fingerprint density at radius 1 is 1.04 bits per heavy atom. The van der Waals surface area contributed by atoms with Crippen molar-refractivity contribution in [2.75, 3.05) is 20.4 Å². The molecule has 0 radical (unpaired) electrons. The van der Waals surface area contributed by atoms with Crippen LogP contribution in [0.2, 0.25) is 0 Å². The SMILES string of the molecule is CSc1ccc(-c2cc(C(=O)N(C)C)sc2-c2ccccc2F)cc1. The Hall–Kier alpha value is -2.11. The lowest BCUT2D eigenvalue weighted by Crippen LogP contribution is -2.20. The molecule has 1 amide bonds. The maximum absolute atomic E-state index is 14.4. The summed E-state index contributed by atoms with van der Waals surface area (Å²) < 4.78 is 14.4. The van der Waals surface area contributed by atoms with Gasteiger partial charge in [-0.3, -0.25) is 4.79 Å². The number of carbonyl (C=O) groups is 1. The van der Waals surface area contributed by atoms with Crippen molar-refractivity contribution in [2.24, 2.45) is 0 Å². The zero-order valence-electron chi connectivity index (χ0n) is 14.2. The number of halogens is 1. The first-order chi connectivity index (χ1) is 12.0. The lowest BCUT2D eigenvalue weighted by Gasteiger charge is -2.07. The van der Waals surface area contributed by atoms with Gasteiger partial charge in [-0.05, 0) is 36.1 Å². The van der Waals surface area contributed by atoms with Gasteiger partial charge in [0.25, 0.3) is 5.91 Å². The molecule has 3 rings (SSSR count). The van der Waals surface area contributed by atoms with Gasteiger partial charge in [0.15, 0.2) is 0 Å². The monoisotopic (exact) mass is 371 g/mol. The highest BCUT2D eigenvalue weighted by Crippen LogP contribution is 2.41. The fraction of sp³-hybridized carbons (Fsp3) is 0.150. The summed E-state index contributed by atoms with van der Waals surface area (Å²) in [4.78, 5) is 16.5. The van der Waals surface area contributed by atoms with Crippen molar-refractivity contribution in [3.05, 3.63) is 65.3 Å². The molecule has 25 heavy (non-hydrogen) atoms. The average molecular weight is 372 g/mol. The summed E-state index contributed by atoms with van der Waals surface area (Å²) in [5, 5.41) is 0. The van der Waals surface area contributed by atoms with E-state index in [-0.39, 0.29) is 11.7 Å². The van der Waals surface area contributed by atoms with E-state index >= 15 is 0 Å². The van der Waals surface area contributed by atoms with Crippen LogP contribution in [0.25, 0.3) is 21.6 Å². The summed E-state index contributed by atoms with van der Waals surface area (Å²) in [6.45, 7) is 0. The van der Waals surface area contributed by atoms with Gasteiger partial charge in [-0.15, -0.1) is 23.1 Å². The molecule has 5 heteroatoms. The highest BCUT2D eigenvalue weighted by atomic mass is 32.2. The Morgan fingerprint density at radius 3 is 2.32 bits per heavy atom. The van der Waals surface area contributed by atoms with Crippen molar-refractivity contribution in [2.45, 2.75) is 4.90 Å². The number of hydrogen-bond acceptors (Lipinski definition) is 3. The van der Waals surface area contributed by atoms with E-state index in [9.17, 15) is 9.18 Å². The van der Waals surface area contributed by atoms with E-state index in [0.29, 0.717) is 10.4 Å². The fourth-order valence-electron chi connectivity index (χ4n) is 2.55. The second kappa shape index (κ2) is 7.42. The van der Waals surface area contributed by atoms with E-state index in [4.69, 9.17) is 0 Å². The van der Waals surface area contributed by atoms with Crippen molar-refractivity contribution < 1.29 is 9.18 Å². The molecule has 0 fully saturated rings. The van der Waals surface area contributed by atoms with E-state index in [1.165, 1.54) is 22.3 Å². The van der Waals surface area contributed by atoms with Crippen LogP contribution in [0.3, 0.4) is 0 Å². The van der Waals surface area contributed by atoms with Crippen LogP contribution in [-0.4, -0.2) is 31.2 Å². The maximum atomic E-state index is 14.4. The molecule has 0 unspecified atom stereocenters. The number of thiophene rings is 1. The summed E-state index contributed by atoms with van der Waals surface area (Å²) >= 11 is 3.00. The molecule has 0 aliphatic heterocycles. The van der Waals surface area contributed by atoms with Crippen molar-refractivity contribution in [3.63, 3.8) is 0 Å². The first-order valence-corrected chi connectivity index (χ1v) is 9.80. The van der Waals surface area contributed by atoms with E-state index < -0.39 is 0 Å². The molecule has 0 aliphatic carbocycles. The first kappa shape index (κ1) is 17.7. The van der Waals surface area contributed by atoms with Crippen molar-refractivity contribution in [3.8, 4) is 21.6 Å². The predicted octanol–water partition coefficient (Wildman–Crippen LogP) is 5.64. The molecular formula is C20H18FNOS2. The fourth-order valence-corrected chi connectivity index (χ4v) is 4.18. The third-order valence-corrected chi connectivity index (χ3v) is 5.77. The molecule has 0 N–H and O–H groups in total. The third kappa shape index (κ3) is 3.62.